The molecule has 4 rings (SSSR count). The van der Waals surface area contributed by atoms with Gasteiger partial charge in [0.2, 0.25) is 11.8 Å². The standard InChI is InChI=1S/C23H23ClFN5O3/c1-13(31)16-11-29(22-15(16)7-8-19(26)28-22)12-20(32)30-9-3-6-18(30)23(33)27-10-14-4-2-5-17(24)21(14)25/h2,4-5,7-8,11,18H,3,6,9-10,12H2,1H3,(H2,26,28)(H,27,33)/t18-/m0/s1. The van der Waals surface area contributed by atoms with Crippen LogP contribution in [0.3, 0.4) is 0 Å². The van der Waals surface area contributed by atoms with Crippen molar-refractivity contribution in [1.29, 1.82) is 0 Å². The minimum absolute atomic E-state index is 0.0162. The third-order valence-electron chi connectivity index (χ3n) is 5.79. The quantitative estimate of drug-likeness (QED) is 0.537. The number of benzene rings is 1. The van der Waals surface area contributed by atoms with Crippen molar-refractivity contribution in [3.05, 3.63) is 58.5 Å². The Balaban J connectivity index is 1.49. The van der Waals surface area contributed by atoms with Crippen LogP contribution in [0.15, 0.2) is 36.5 Å². The number of fused-ring (bicyclic) bond motifs is 1. The van der Waals surface area contributed by atoms with Crippen LogP contribution in [0.2, 0.25) is 5.02 Å². The summed E-state index contributed by atoms with van der Waals surface area (Å²) in [5, 5.41) is 3.30. The summed E-state index contributed by atoms with van der Waals surface area (Å²) in [6.07, 6.45) is 2.77. The molecule has 0 saturated carbocycles. The number of aromatic nitrogens is 2. The van der Waals surface area contributed by atoms with Crippen LogP contribution in [0, 0.1) is 5.82 Å². The highest BCUT2D eigenvalue weighted by Crippen LogP contribution is 2.24. The van der Waals surface area contributed by atoms with Gasteiger partial charge in [0.1, 0.15) is 29.9 Å². The van der Waals surface area contributed by atoms with Crippen LogP contribution in [-0.2, 0) is 22.7 Å². The van der Waals surface area contributed by atoms with Gasteiger partial charge >= 0.3 is 0 Å². The number of anilines is 1. The van der Waals surface area contributed by atoms with Gasteiger partial charge in [0.05, 0.1) is 5.02 Å². The summed E-state index contributed by atoms with van der Waals surface area (Å²) in [6.45, 7) is 1.75. The number of hydrogen-bond acceptors (Lipinski definition) is 5. The lowest BCUT2D eigenvalue weighted by Crippen LogP contribution is -2.46. The van der Waals surface area contributed by atoms with Crippen molar-refractivity contribution in [2.45, 2.75) is 38.9 Å². The number of nitrogens with two attached hydrogens (primary N) is 1. The molecule has 8 nitrogen and oxygen atoms in total. The number of amides is 2. The predicted molar refractivity (Wildman–Crippen MR) is 122 cm³/mol. The second-order valence-electron chi connectivity index (χ2n) is 8.01. The van der Waals surface area contributed by atoms with Crippen LogP contribution in [0.4, 0.5) is 10.2 Å². The maximum atomic E-state index is 14.1. The first-order valence-corrected chi connectivity index (χ1v) is 10.9. The van der Waals surface area contributed by atoms with Gasteiger partial charge in [-0.15, -0.1) is 0 Å². The summed E-state index contributed by atoms with van der Waals surface area (Å²) >= 11 is 5.79. The Bertz CT molecular complexity index is 1260. The number of hydrogen-bond donors (Lipinski definition) is 2. The summed E-state index contributed by atoms with van der Waals surface area (Å²) < 4.78 is 15.7. The fraction of sp³-hybridized carbons (Fsp3) is 0.304. The summed E-state index contributed by atoms with van der Waals surface area (Å²) in [4.78, 5) is 43.7. The van der Waals surface area contributed by atoms with Crippen LogP contribution in [0.1, 0.15) is 35.7 Å². The minimum Gasteiger partial charge on any atom is -0.384 e. The molecule has 3 heterocycles. The Morgan fingerprint density at radius 1 is 1.27 bits per heavy atom. The molecule has 0 unspecified atom stereocenters. The zero-order chi connectivity index (χ0) is 23.7. The Labute approximate surface area is 194 Å². The monoisotopic (exact) mass is 471 g/mol. The highest BCUT2D eigenvalue weighted by Gasteiger charge is 2.34. The maximum absolute atomic E-state index is 14.1. The summed E-state index contributed by atoms with van der Waals surface area (Å²) in [5.74, 6) is -1.09. The first kappa shape index (κ1) is 22.7. The molecule has 2 amide bonds. The third kappa shape index (κ3) is 4.54. The average Bonchev–Trinajstić information content (AvgIpc) is 3.40. The van der Waals surface area contributed by atoms with Gasteiger partial charge in [-0.05, 0) is 38.0 Å². The second-order valence-corrected chi connectivity index (χ2v) is 8.42. The number of Topliss-reactive ketones (excluding diaryl/α,β-unsaturated/α-hetero) is 1. The summed E-state index contributed by atoms with van der Waals surface area (Å²) in [7, 11) is 0. The molecule has 2 aromatic heterocycles. The van der Waals surface area contributed by atoms with E-state index in [1.807, 2.05) is 0 Å². The molecule has 1 aromatic carbocycles. The molecule has 0 aliphatic carbocycles. The average molecular weight is 472 g/mol. The molecule has 1 fully saturated rings. The van der Waals surface area contributed by atoms with E-state index in [0.717, 1.165) is 0 Å². The minimum atomic E-state index is -0.660. The van der Waals surface area contributed by atoms with E-state index in [4.69, 9.17) is 17.3 Å². The molecule has 0 spiro atoms. The Morgan fingerprint density at radius 2 is 2.06 bits per heavy atom. The Kier molecular flexibility index (Phi) is 6.33. The maximum Gasteiger partial charge on any atom is 0.243 e. The van der Waals surface area contributed by atoms with Gasteiger partial charge in [-0.2, -0.15) is 0 Å². The number of pyridine rings is 1. The fourth-order valence-corrected chi connectivity index (χ4v) is 4.33. The zero-order valence-electron chi connectivity index (χ0n) is 18.0. The van der Waals surface area contributed by atoms with Crippen molar-refractivity contribution in [1.82, 2.24) is 19.8 Å². The highest BCUT2D eigenvalue weighted by molar-refractivity contribution is 6.30. The molecule has 1 aliphatic heterocycles. The van der Waals surface area contributed by atoms with Gasteiger partial charge in [-0.1, -0.05) is 23.7 Å². The number of nitrogens with zero attached hydrogens (tertiary/aromatic N) is 3. The number of nitrogens with one attached hydrogen (secondary N) is 1. The number of rotatable bonds is 6. The molecule has 0 radical (unpaired) electrons. The molecule has 3 N–H and O–H groups in total. The first-order chi connectivity index (χ1) is 15.8. The van der Waals surface area contributed by atoms with Crippen molar-refractivity contribution in [2.75, 3.05) is 12.3 Å². The normalized spacial score (nSPS) is 15.7. The number of carbonyl (C=O) groups excluding carboxylic acids is 3. The third-order valence-corrected chi connectivity index (χ3v) is 6.08. The van der Waals surface area contributed by atoms with Crippen LogP contribution in [-0.4, -0.2) is 44.6 Å². The van der Waals surface area contributed by atoms with Crippen molar-refractivity contribution in [2.24, 2.45) is 0 Å². The van der Waals surface area contributed by atoms with E-state index in [-0.39, 0.29) is 47.1 Å². The van der Waals surface area contributed by atoms with Gasteiger partial charge in [-0.25, -0.2) is 9.37 Å². The van der Waals surface area contributed by atoms with Gasteiger partial charge in [-0.3, -0.25) is 14.4 Å². The topological polar surface area (TPSA) is 110 Å². The van der Waals surface area contributed by atoms with E-state index in [2.05, 4.69) is 10.3 Å². The molecule has 1 atom stereocenters. The highest BCUT2D eigenvalue weighted by atomic mass is 35.5. The van der Waals surface area contributed by atoms with E-state index < -0.39 is 11.9 Å². The van der Waals surface area contributed by atoms with E-state index in [1.54, 1.807) is 35.0 Å². The number of carbonyl (C=O) groups is 3. The summed E-state index contributed by atoms with van der Waals surface area (Å²) in [6, 6.07) is 7.23. The van der Waals surface area contributed by atoms with Crippen LogP contribution >= 0.6 is 11.6 Å². The molecule has 10 heteroatoms. The van der Waals surface area contributed by atoms with Crippen LogP contribution < -0.4 is 11.1 Å². The first-order valence-electron chi connectivity index (χ1n) is 10.5. The lowest BCUT2D eigenvalue weighted by Gasteiger charge is -2.24. The fourth-order valence-electron chi connectivity index (χ4n) is 4.14. The van der Waals surface area contributed by atoms with E-state index in [1.165, 1.54) is 17.9 Å². The smallest absolute Gasteiger partial charge is 0.243 e. The molecule has 1 aliphatic rings. The van der Waals surface area contributed by atoms with Crippen molar-refractivity contribution < 1.29 is 18.8 Å². The van der Waals surface area contributed by atoms with Crippen LogP contribution in [0.25, 0.3) is 11.0 Å². The van der Waals surface area contributed by atoms with Crippen LogP contribution in [0.5, 0.6) is 0 Å². The summed E-state index contributed by atoms with van der Waals surface area (Å²) in [5.41, 5.74) is 6.95. The molecule has 1 saturated heterocycles. The van der Waals surface area contributed by atoms with Gasteiger partial charge in [0.25, 0.3) is 0 Å². The molecule has 3 aromatic rings. The molecular weight excluding hydrogens is 449 g/mol. The van der Waals surface area contributed by atoms with E-state index >= 15 is 0 Å². The van der Waals surface area contributed by atoms with Gasteiger partial charge < -0.3 is 20.5 Å². The van der Waals surface area contributed by atoms with E-state index in [0.29, 0.717) is 36.0 Å². The van der Waals surface area contributed by atoms with Gasteiger partial charge in [0, 0.05) is 35.8 Å². The molecule has 33 heavy (non-hydrogen) atoms. The lowest BCUT2D eigenvalue weighted by molar-refractivity contribution is -0.138. The van der Waals surface area contributed by atoms with Crippen molar-refractivity contribution >= 4 is 46.0 Å². The Morgan fingerprint density at radius 3 is 2.82 bits per heavy atom. The van der Waals surface area contributed by atoms with Crippen molar-refractivity contribution in [3.63, 3.8) is 0 Å². The zero-order valence-corrected chi connectivity index (χ0v) is 18.7. The predicted octanol–water partition coefficient (Wildman–Crippen LogP) is 2.92. The van der Waals surface area contributed by atoms with Crippen molar-refractivity contribution in [3.8, 4) is 0 Å². The largest absolute Gasteiger partial charge is 0.384 e. The number of likely N-dealkylation sites (tertiary alicyclic amines) is 1. The Hall–Kier alpha value is -3.46. The molecule has 0 bridgehead atoms. The SMILES string of the molecule is CC(=O)c1cn(CC(=O)N2CCC[C@H]2C(=O)NCc2cccc(Cl)c2F)c2nc(N)ccc12. The second kappa shape index (κ2) is 9.19. The number of nitrogen functional groups attached to an aromatic ring is 1. The van der Waals surface area contributed by atoms with E-state index in [9.17, 15) is 18.8 Å². The number of ketones is 1. The van der Waals surface area contributed by atoms with Gasteiger partial charge in [0.15, 0.2) is 5.78 Å². The lowest BCUT2D eigenvalue weighted by atomic mass is 10.1. The number of halogens is 2. The molecule has 172 valence electrons. The molecular formula is C23H23ClFN5O3.